The summed E-state index contributed by atoms with van der Waals surface area (Å²) in [6, 6.07) is 6.64. The van der Waals surface area contributed by atoms with Gasteiger partial charge in [0.1, 0.15) is 0 Å². The van der Waals surface area contributed by atoms with E-state index in [9.17, 15) is 0 Å². The molecule has 2 nitrogen and oxygen atoms in total. The van der Waals surface area contributed by atoms with E-state index < -0.39 is 0 Å². The standard InChI is InChI=1S/C15H21IN2/c16-12-5-6-13-14(9-12)18-11-15(10-17-13)7-3-1-2-4-8-15/h5-6,9,17-18H,1-4,7-8,10-11H2. The molecular formula is C15H21IN2. The van der Waals surface area contributed by atoms with E-state index in [1.807, 2.05) is 0 Å². The van der Waals surface area contributed by atoms with E-state index in [2.05, 4.69) is 51.4 Å². The van der Waals surface area contributed by atoms with E-state index in [-0.39, 0.29) is 0 Å². The maximum absolute atomic E-state index is 3.69. The lowest BCUT2D eigenvalue weighted by molar-refractivity contribution is 0.286. The molecule has 1 fully saturated rings. The van der Waals surface area contributed by atoms with Crippen molar-refractivity contribution in [3.8, 4) is 0 Å². The van der Waals surface area contributed by atoms with Gasteiger partial charge in [-0.25, -0.2) is 0 Å². The van der Waals surface area contributed by atoms with Gasteiger partial charge in [-0.05, 0) is 53.6 Å². The largest absolute Gasteiger partial charge is 0.383 e. The fraction of sp³-hybridized carbons (Fsp3) is 0.600. The highest BCUT2D eigenvalue weighted by molar-refractivity contribution is 14.1. The molecule has 1 saturated carbocycles. The Labute approximate surface area is 123 Å². The monoisotopic (exact) mass is 356 g/mol. The summed E-state index contributed by atoms with van der Waals surface area (Å²) in [6.07, 6.45) is 8.39. The Balaban J connectivity index is 1.81. The quantitative estimate of drug-likeness (QED) is 0.671. The van der Waals surface area contributed by atoms with Crippen LogP contribution in [-0.2, 0) is 0 Å². The summed E-state index contributed by atoms with van der Waals surface area (Å²) >= 11 is 2.38. The number of fused-ring (bicyclic) bond motifs is 1. The van der Waals surface area contributed by atoms with Gasteiger partial charge >= 0.3 is 0 Å². The van der Waals surface area contributed by atoms with Gasteiger partial charge in [0.15, 0.2) is 0 Å². The van der Waals surface area contributed by atoms with Gasteiger partial charge in [0.25, 0.3) is 0 Å². The van der Waals surface area contributed by atoms with Crippen LogP contribution in [0.25, 0.3) is 0 Å². The molecule has 1 spiro atoms. The van der Waals surface area contributed by atoms with Gasteiger partial charge in [-0.3, -0.25) is 0 Å². The Morgan fingerprint density at radius 2 is 1.56 bits per heavy atom. The Kier molecular flexibility index (Phi) is 3.68. The lowest BCUT2D eigenvalue weighted by Gasteiger charge is -2.31. The third kappa shape index (κ3) is 2.60. The number of hydrogen-bond acceptors (Lipinski definition) is 2. The first-order chi connectivity index (χ1) is 8.77. The van der Waals surface area contributed by atoms with E-state index in [1.165, 1.54) is 53.5 Å². The Hall–Kier alpha value is -0.450. The van der Waals surface area contributed by atoms with Crippen molar-refractivity contribution in [3.05, 3.63) is 21.8 Å². The van der Waals surface area contributed by atoms with Gasteiger partial charge in [0.2, 0.25) is 0 Å². The zero-order valence-electron chi connectivity index (χ0n) is 10.8. The van der Waals surface area contributed by atoms with Crippen LogP contribution < -0.4 is 10.6 Å². The van der Waals surface area contributed by atoms with Crippen molar-refractivity contribution in [2.24, 2.45) is 5.41 Å². The molecule has 2 aliphatic rings. The topological polar surface area (TPSA) is 24.1 Å². The molecule has 1 aliphatic heterocycles. The molecule has 1 aromatic carbocycles. The lowest BCUT2D eigenvalue weighted by Crippen LogP contribution is -2.34. The van der Waals surface area contributed by atoms with Crippen molar-refractivity contribution in [2.45, 2.75) is 38.5 Å². The second-order valence-corrected chi connectivity index (χ2v) is 7.06. The molecule has 2 N–H and O–H groups in total. The van der Waals surface area contributed by atoms with Gasteiger partial charge in [0.05, 0.1) is 11.4 Å². The highest BCUT2D eigenvalue weighted by Gasteiger charge is 2.32. The summed E-state index contributed by atoms with van der Waals surface area (Å²) in [6.45, 7) is 2.26. The van der Waals surface area contributed by atoms with Crippen LogP contribution in [0.4, 0.5) is 11.4 Å². The molecule has 1 aromatic rings. The van der Waals surface area contributed by atoms with Gasteiger partial charge in [-0.2, -0.15) is 0 Å². The summed E-state index contributed by atoms with van der Waals surface area (Å²) in [5.41, 5.74) is 3.03. The summed E-state index contributed by atoms with van der Waals surface area (Å²) in [4.78, 5) is 0. The minimum atomic E-state index is 0.473. The predicted molar refractivity (Wildman–Crippen MR) is 86.3 cm³/mol. The number of hydrogen-bond donors (Lipinski definition) is 2. The van der Waals surface area contributed by atoms with Crippen molar-refractivity contribution in [3.63, 3.8) is 0 Å². The molecule has 0 radical (unpaired) electrons. The molecule has 0 bridgehead atoms. The number of halogens is 1. The fourth-order valence-corrected chi connectivity index (χ4v) is 3.77. The van der Waals surface area contributed by atoms with Crippen LogP contribution >= 0.6 is 22.6 Å². The summed E-state index contributed by atoms with van der Waals surface area (Å²) in [7, 11) is 0. The van der Waals surface area contributed by atoms with E-state index in [0.717, 1.165) is 13.1 Å². The SMILES string of the molecule is Ic1ccc2c(c1)NCC1(CCCCCC1)CN2. The average molecular weight is 356 g/mol. The number of rotatable bonds is 0. The van der Waals surface area contributed by atoms with E-state index in [0.29, 0.717) is 5.41 Å². The third-order valence-electron chi connectivity index (χ3n) is 4.45. The smallest absolute Gasteiger partial charge is 0.0586 e. The van der Waals surface area contributed by atoms with Gasteiger partial charge in [-0.15, -0.1) is 0 Å². The molecule has 0 saturated heterocycles. The van der Waals surface area contributed by atoms with Crippen molar-refractivity contribution < 1.29 is 0 Å². The molecule has 3 rings (SSSR count). The first-order valence-electron chi connectivity index (χ1n) is 7.05. The lowest BCUT2D eigenvalue weighted by atomic mass is 9.80. The van der Waals surface area contributed by atoms with Crippen molar-refractivity contribution >= 4 is 34.0 Å². The van der Waals surface area contributed by atoms with Gasteiger partial charge in [-0.1, -0.05) is 25.7 Å². The number of nitrogens with one attached hydrogen (secondary N) is 2. The minimum absolute atomic E-state index is 0.473. The molecule has 1 aliphatic carbocycles. The average Bonchev–Trinajstić information content (AvgIpc) is 2.70. The second-order valence-electron chi connectivity index (χ2n) is 5.81. The Morgan fingerprint density at radius 3 is 2.28 bits per heavy atom. The van der Waals surface area contributed by atoms with E-state index >= 15 is 0 Å². The van der Waals surface area contributed by atoms with Crippen molar-refractivity contribution in [1.29, 1.82) is 0 Å². The number of benzene rings is 1. The molecule has 98 valence electrons. The van der Waals surface area contributed by atoms with Crippen LogP contribution in [0.5, 0.6) is 0 Å². The zero-order valence-corrected chi connectivity index (χ0v) is 12.9. The van der Waals surface area contributed by atoms with Crippen LogP contribution in [0.1, 0.15) is 38.5 Å². The maximum atomic E-state index is 3.69. The first-order valence-corrected chi connectivity index (χ1v) is 8.13. The highest BCUT2D eigenvalue weighted by Crippen LogP contribution is 2.39. The van der Waals surface area contributed by atoms with Gasteiger partial charge < -0.3 is 10.6 Å². The Morgan fingerprint density at radius 1 is 0.889 bits per heavy atom. The van der Waals surface area contributed by atoms with Gasteiger partial charge in [0, 0.05) is 22.1 Å². The van der Waals surface area contributed by atoms with E-state index in [4.69, 9.17) is 0 Å². The van der Waals surface area contributed by atoms with E-state index in [1.54, 1.807) is 0 Å². The molecule has 3 heteroatoms. The highest BCUT2D eigenvalue weighted by atomic mass is 127. The first kappa shape index (κ1) is 12.6. The number of anilines is 2. The molecule has 0 atom stereocenters. The van der Waals surface area contributed by atoms with Crippen LogP contribution in [0.15, 0.2) is 18.2 Å². The fourth-order valence-electron chi connectivity index (χ4n) is 3.28. The molecule has 0 unspecified atom stereocenters. The zero-order chi connectivity index (χ0) is 12.4. The molecule has 1 heterocycles. The maximum Gasteiger partial charge on any atom is 0.0586 e. The predicted octanol–water partition coefficient (Wildman–Crippen LogP) is 4.47. The van der Waals surface area contributed by atoms with Crippen molar-refractivity contribution in [2.75, 3.05) is 23.7 Å². The third-order valence-corrected chi connectivity index (χ3v) is 5.12. The molecule has 18 heavy (non-hydrogen) atoms. The summed E-state index contributed by atoms with van der Waals surface area (Å²) in [5, 5.41) is 7.36. The second kappa shape index (κ2) is 5.27. The van der Waals surface area contributed by atoms with Crippen LogP contribution in [-0.4, -0.2) is 13.1 Å². The van der Waals surface area contributed by atoms with Crippen LogP contribution in [0, 0.1) is 8.99 Å². The van der Waals surface area contributed by atoms with Crippen LogP contribution in [0.2, 0.25) is 0 Å². The molecule has 0 aromatic heterocycles. The Bertz CT molecular complexity index is 423. The summed E-state index contributed by atoms with van der Waals surface area (Å²) < 4.78 is 1.30. The minimum Gasteiger partial charge on any atom is -0.383 e. The van der Waals surface area contributed by atoms with Crippen molar-refractivity contribution in [1.82, 2.24) is 0 Å². The summed E-state index contributed by atoms with van der Waals surface area (Å²) in [5.74, 6) is 0. The molecular weight excluding hydrogens is 335 g/mol. The molecule has 0 amide bonds. The normalized spacial score (nSPS) is 22.3. The van der Waals surface area contributed by atoms with Crippen LogP contribution in [0.3, 0.4) is 0 Å².